The van der Waals surface area contributed by atoms with Crippen LogP contribution >= 0.6 is 62.2 Å². The van der Waals surface area contributed by atoms with E-state index in [2.05, 4.69) is 157 Å². The number of aromatic nitrogens is 2. The third-order valence-electron chi connectivity index (χ3n) is 7.24. The van der Waals surface area contributed by atoms with Gasteiger partial charge in [-0.25, -0.2) is 0 Å². The quantitative estimate of drug-likeness (QED) is 0.127. The fourth-order valence-electron chi connectivity index (χ4n) is 5.47. The maximum atomic E-state index is 7.25. The van der Waals surface area contributed by atoms with E-state index in [0.717, 1.165) is 38.3 Å². The second-order valence-electron chi connectivity index (χ2n) is 16.4. The Morgan fingerprint density at radius 1 is 0.433 bits per heavy atom. The van der Waals surface area contributed by atoms with Gasteiger partial charge in [0.05, 0.1) is 10.7 Å². The molecule has 404 valence electrons. The molecule has 6 radical (unpaired) electrons. The predicted octanol–water partition coefficient (Wildman–Crippen LogP) is -13.4. The molecule has 0 fully saturated rings. The van der Waals surface area contributed by atoms with Crippen LogP contribution in [0.4, 0.5) is 0 Å². The molecule has 0 bridgehead atoms. The van der Waals surface area contributed by atoms with E-state index >= 15 is 0 Å². The van der Waals surface area contributed by atoms with Crippen LogP contribution < -0.4 is 122 Å². The van der Waals surface area contributed by atoms with Crippen LogP contribution in [0.2, 0.25) is 0 Å². The first-order valence-electron chi connectivity index (χ1n) is 17.5. The van der Waals surface area contributed by atoms with Crippen molar-refractivity contribution >= 4 is 62.2 Å². The van der Waals surface area contributed by atoms with Crippen molar-refractivity contribution in [2.45, 2.75) is 129 Å². The van der Waals surface area contributed by atoms with E-state index in [9.17, 15) is 0 Å². The van der Waals surface area contributed by atoms with Crippen molar-refractivity contribution in [3.8, 4) is 0 Å². The van der Waals surface area contributed by atoms with Crippen molar-refractivity contribution in [3.05, 3.63) is 78.8 Å². The number of pyridine rings is 2. The number of nitrogens with zero attached hydrogens (tertiary/aromatic N) is 8. The van der Waals surface area contributed by atoms with E-state index in [4.69, 9.17) is 98.4 Å². The van der Waals surface area contributed by atoms with Crippen LogP contribution in [0.25, 0.3) is 0 Å². The summed E-state index contributed by atoms with van der Waals surface area (Å²) in [4.78, 5) is 43.2. The van der Waals surface area contributed by atoms with Crippen molar-refractivity contribution < 1.29 is 158 Å². The van der Waals surface area contributed by atoms with Gasteiger partial charge < -0.3 is 109 Å². The largest absolute Gasteiger partial charge is 3.00 e. The minimum Gasteiger partial charge on any atom is -1.00 e. The SMILES string of the molecule is CN(C)CCc1cccc(CP(C(C)(C)C)C(C)(C)C)n1.CN(C)CCc1cccc(CP(C(C)(C)C)C(C)(C)C)n1.ClCCl.ClCCl.[Cl-].[Cl-].[Cl-].[Cl-].[Cl-].[Cl-].[Cl-].[Cl-].[N]=O.[N]=O.[N]=O.[N]=O.[Ru+2].[Ru+3].[Ru+3]. The molecule has 0 aliphatic carbocycles. The summed E-state index contributed by atoms with van der Waals surface area (Å²) in [5.74, 6) is 0. The maximum absolute atomic E-state index is 7.25. The Balaban J connectivity index is -0.0000000346. The molecule has 0 amide bonds. The summed E-state index contributed by atoms with van der Waals surface area (Å²) in [5, 5.41) is 1.81. The first-order valence-corrected chi connectivity index (χ1v) is 22.7. The van der Waals surface area contributed by atoms with E-state index < -0.39 is 0 Å². The minimum absolute atomic E-state index is 0. The number of hydrogen-bond acceptors (Lipinski definition) is 8. The van der Waals surface area contributed by atoms with Gasteiger partial charge in [0, 0.05) is 61.0 Å². The summed E-state index contributed by atoms with van der Waals surface area (Å²) >= 11 is 19.1. The molecule has 12 nitrogen and oxygen atoms in total. The maximum Gasteiger partial charge on any atom is 3.00 e. The van der Waals surface area contributed by atoms with Gasteiger partial charge in [-0.15, -0.1) is 66.0 Å². The Kier molecular flexibility index (Phi) is 125. The molecule has 2 rings (SSSR count). The molecule has 0 unspecified atom stereocenters. The average Bonchev–Trinajstić information content (AvgIpc) is 3.11. The molecule has 2 heterocycles. The van der Waals surface area contributed by atoms with Gasteiger partial charge in [-0.2, -0.15) is 0 Å². The zero-order valence-electron chi connectivity index (χ0n) is 40.8. The second kappa shape index (κ2) is 70.9. The zero-order valence-corrected chi connectivity index (χ0v) is 56.9. The van der Waals surface area contributed by atoms with Gasteiger partial charge in [-0.1, -0.05) is 111 Å². The van der Waals surface area contributed by atoms with Crippen molar-refractivity contribution in [1.82, 2.24) is 42.1 Å². The molecule has 0 saturated carbocycles. The molecule has 0 aromatic carbocycles. The van der Waals surface area contributed by atoms with E-state index in [1.165, 1.54) is 22.8 Å². The molecule has 0 aliphatic rings. The van der Waals surface area contributed by atoms with Crippen LogP contribution in [-0.2, 0) is 83.6 Å². The number of alkyl halides is 4. The van der Waals surface area contributed by atoms with E-state index in [1.807, 2.05) is 0 Å². The van der Waals surface area contributed by atoms with E-state index in [0.29, 0.717) is 20.6 Å². The van der Waals surface area contributed by atoms with Gasteiger partial charge in [-0.3, -0.25) is 9.97 Å². The van der Waals surface area contributed by atoms with Crippen LogP contribution in [-0.4, -0.2) is 92.4 Å². The molecule has 67 heavy (non-hydrogen) atoms. The Bertz CT molecular complexity index is 1120. The summed E-state index contributed by atoms with van der Waals surface area (Å²) in [6.45, 7) is 30.6. The summed E-state index contributed by atoms with van der Waals surface area (Å²) < 4.78 is 0. The Labute approximate surface area is 516 Å². The summed E-state index contributed by atoms with van der Waals surface area (Å²) in [6.07, 6.45) is 4.31. The second-order valence-corrected chi connectivity index (χ2v) is 25.7. The molecule has 29 heteroatoms. The van der Waals surface area contributed by atoms with E-state index in [1.54, 1.807) is 0 Å². The molecule has 0 spiro atoms. The topological polar surface area (TPSA) is 190 Å². The Morgan fingerprint density at radius 3 is 0.746 bits per heavy atom. The van der Waals surface area contributed by atoms with Crippen LogP contribution in [0.1, 0.15) is 106 Å². The van der Waals surface area contributed by atoms with Gasteiger partial charge in [-0.05, 0) is 73.1 Å². The van der Waals surface area contributed by atoms with Gasteiger partial charge in [0.1, 0.15) is 22.4 Å². The fraction of sp³-hybridized carbons (Fsp3) is 0.737. The van der Waals surface area contributed by atoms with Gasteiger partial charge in [0.2, 0.25) is 0 Å². The van der Waals surface area contributed by atoms with Crippen molar-refractivity contribution in [1.29, 1.82) is 0 Å². The molecule has 2 aromatic rings. The smallest absolute Gasteiger partial charge is 1.00 e. The molecular formula is C38H70Cl12N8O4P2Ru3. The van der Waals surface area contributed by atoms with Crippen molar-refractivity contribution in [2.75, 3.05) is 52.0 Å². The normalized spacial score (nSPS) is 9.07. The molecule has 2 aromatic heterocycles. The summed E-state index contributed by atoms with van der Waals surface area (Å²) in [6, 6.07) is 13.1. The number of halogens is 12. The molecule has 0 atom stereocenters. The summed E-state index contributed by atoms with van der Waals surface area (Å²) in [7, 11) is 8.20. The van der Waals surface area contributed by atoms with Crippen LogP contribution in [0.3, 0.4) is 0 Å². The number of hydrogen-bond donors (Lipinski definition) is 0. The third kappa shape index (κ3) is 73.1. The molecule has 0 saturated heterocycles. The van der Waals surface area contributed by atoms with Gasteiger partial charge >= 0.3 is 58.4 Å². The van der Waals surface area contributed by atoms with Gasteiger partial charge in [0.15, 0.2) is 0 Å². The van der Waals surface area contributed by atoms with E-state index in [-0.39, 0.29) is 184 Å². The van der Waals surface area contributed by atoms with Crippen molar-refractivity contribution in [2.24, 2.45) is 0 Å². The standard InChI is InChI=1S/2C18H33N2P.2CH2Cl2.8ClH.4NO.3Ru/c2*1-17(2,3)21(18(4,5)6)14-16-11-9-10-15(19-16)12-13-20(7)8;2*2-1-3;;;;;;;;;4*1-2;;;/h2*9-11H,12-14H2,1-8H3;2*1H2;8*1H;;;;;;;/q;;;;;;;;;;;;;;;;+2;2*+3/p-8. The fourth-order valence-corrected chi connectivity index (χ4v) is 12.4. The first kappa shape index (κ1) is 119. The Morgan fingerprint density at radius 2 is 0.597 bits per heavy atom. The average molecular weight is 1490 g/mol. The third-order valence-corrected chi connectivity index (χ3v) is 15.0. The number of nitroso groups, excluding NO2 is 4. The van der Waals surface area contributed by atoms with Crippen LogP contribution in [0.5, 0.6) is 0 Å². The minimum atomic E-state index is -0.126. The molecule has 0 N–H and O–H groups in total. The molecular weight excluding hydrogens is 1420 g/mol. The monoisotopic (exact) mass is 1490 g/mol. The number of rotatable bonds is 10. The predicted molar refractivity (Wildman–Crippen MR) is 248 cm³/mol. The molecule has 0 aliphatic heterocycles. The number of likely N-dealkylation sites (N-methyl/N-ethyl adjacent to an activating group) is 2. The van der Waals surface area contributed by atoms with Crippen LogP contribution in [0.15, 0.2) is 36.4 Å². The van der Waals surface area contributed by atoms with Crippen molar-refractivity contribution in [3.63, 3.8) is 0 Å². The Hall–Kier alpha value is 2.83. The first-order chi connectivity index (χ1) is 25.8. The van der Waals surface area contributed by atoms with Gasteiger partial charge in [0.25, 0.3) is 0 Å². The van der Waals surface area contributed by atoms with Crippen LogP contribution in [0, 0.1) is 19.6 Å². The zero-order chi connectivity index (χ0) is 45.9. The summed E-state index contributed by atoms with van der Waals surface area (Å²) in [5.41, 5.74) is 28.0.